The first-order valence-corrected chi connectivity index (χ1v) is 6.73. The van der Waals surface area contributed by atoms with Crippen molar-refractivity contribution in [2.75, 3.05) is 46.6 Å². The molecule has 0 radical (unpaired) electrons. The molecule has 1 aromatic rings. The number of nitrogens with zero attached hydrogens (tertiary/aromatic N) is 3. The molecule has 1 amide bonds. The number of hydrogen-bond donors (Lipinski definition) is 1. The Kier molecular flexibility index (Phi) is 6.10. The molecule has 1 rings (SSSR count). The highest BCUT2D eigenvalue weighted by Crippen LogP contribution is 2.25. The number of hydrogen-bond acceptors (Lipinski definition) is 5. The maximum atomic E-state index is 12.3. The van der Waals surface area contributed by atoms with Gasteiger partial charge in [-0.05, 0) is 39.2 Å². The third-order valence-electron chi connectivity index (χ3n) is 3.16. The molecule has 0 aliphatic heterocycles. The fourth-order valence-electron chi connectivity index (χ4n) is 1.97. The molecule has 1 N–H and O–H groups in total. The van der Waals surface area contributed by atoms with Crippen LogP contribution in [-0.4, -0.2) is 61.9 Å². The Morgan fingerprint density at radius 3 is 2.48 bits per heavy atom. The fraction of sp³-hybridized carbons (Fsp3) is 0.500. The van der Waals surface area contributed by atoms with Crippen molar-refractivity contribution in [2.24, 2.45) is 0 Å². The summed E-state index contributed by atoms with van der Waals surface area (Å²) in [7, 11) is 7.26. The lowest BCUT2D eigenvalue weighted by Crippen LogP contribution is -2.29. The molecule has 7 heteroatoms. The summed E-state index contributed by atoms with van der Waals surface area (Å²) in [6.07, 6.45) is 0.853. The maximum Gasteiger partial charge on any atom is 0.293 e. The smallest absolute Gasteiger partial charge is 0.293 e. The minimum Gasteiger partial charge on any atom is -0.383 e. The molecule has 0 spiro atoms. The third-order valence-corrected chi connectivity index (χ3v) is 3.16. The molecule has 0 heterocycles. The van der Waals surface area contributed by atoms with Gasteiger partial charge in [-0.15, -0.1) is 0 Å². The lowest BCUT2D eigenvalue weighted by molar-refractivity contribution is -0.384. The summed E-state index contributed by atoms with van der Waals surface area (Å²) in [5, 5.41) is 13.8. The molecular formula is C14H22N4O3. The average molecular weight is 294 g/mol. The van der Waals surface area contributed by atoms with Crippen LogP contribution in [0.25, 0.3) is 0 Å². The Labute approximate surface area is 124 Å². The predicted molar refractivity (Wildman–Crippen MR) is 82.8 cm³/mol. The highest BCUT2D eigenvalue weighted by molar-refractivity contribution is 5.95. The number of carbonyl (C=O) groups excluding carboxylic acids is 1. The molecule has 0 saturated carbocycles. The van der Waals surface area contributed by atoms with Crippen LogP contribution in [-0.2, 0) is 0 Å². The zero-order chi connectivity index (χ0) is 16.0. The largest absolute Gasteiger partial charge is 0.383 e. The van der Waals surface area contributed by atoms with Gasteiger partial charge < -0.3 is 15.1 Å². The van der Waals surface area contributed by atoms with E-state index in [1.165, 1.54) is 6.07 Å². The number of anilines is 1. The maximum absolute atomic E-state index is 12.3. The Hall–Kier alpha value is -2.15. The van der Waals surface area contributed by atoms with Crippen LogP contribution in [0.4, 0.5) is 11.4 Å². The van der Waals surface area contributed by atoms with Gasteiger partial charge in [0.15, 0.2) is 0 Å². The summed E-state index contributed by atoms with van der Waals surface area (Å²) in [6, 6.07) is 4.47. The number of rotatable bonds is 7. The second-order valence-electron chi connectivity index (χ2n) is 5.12. The van der Waals surface area contributed by atoms with Crippen LogP contribution in [0.3, 0.4) is 0 Å². The van der Waals surface area contributed by atoms with Crippen LogP contribution in [0, 0.1) is 10.1 Å². The van der Waals surface area contributed by atoms with Gasteiger partial charge in [0, 0.05) is 32.3 Å². The molecule has 0 aromatic heterocycles. The number of benzene rings is 1. The minimum absolute atomic E-state index is 0.0926. The van der Waals surface area contributed by atoms with Crippen LogP contribution < -0.4 is 5.32 Å². The topological polar surface area (TPSA) is 78.7 Å². The lowest BCUT2D eigenvalue weighted by atomic mass is 10.1. The summed E-state index contributed by atoms with van der Waals surface area (Å²) >= 11 is 0. The Morgan fingerprint density at radius 1 is 1.29 bits per heavy atom. The van der Waals surface area contributed by atoms with Crippen molar-refractivity contribution < 1.29 is 9.72 Å². The van der Waals surface area contributed by atoms with E-state index in [4.69, 9.17) is 0 Å². The second kappa shape index (κ2) is 7.58. The van der Waals surface area contributed by atoms with Gasteiger partial charge in [-0.25, -0.2) is 0 Å². The molecule has 0 aliphatic carbocycles. The minimum atomic E-state index is -0.491. The number of nitro groups is 1. The van der Waals surface area contributed by atoms with Gasteiger partial charge in [0.1, 0.15) is 5.69 Å². The van der Waals surface area contributed by atoms with Gasteiger partial charge in [-0.2, -0.15) is 0 Å². The Bertz CT molecular complexity index is 517. The molecular weight excluding hydrogens is 272 g/mol. The standard InChI is InChI=1S/C14H22N4O3/c1-15-12-7-6-11(10-13(12)18(20)21)14(19)17(4)9-5-8-16(2)3/h6-7,10,15H,5,8-9H2,1-4H3. The summed E-state index contributed by atoms with van der Waals surface area (Å²) in [5.41, 5.74) is 0.630. The van der Waals surface area contributed by atoms with E-state index in [-0.39, 0.29) is 11.6 Å². The Morgan fingerprint density at radius 2 is 1.95 bits per heavy atom. The molecule has 0 aliphatic rings. The third kappa shape index (κ3) is 4.71. The lowest BCUT2D eigenvalue weighted by Gasteiger charge is -2.18. The number of carbonyl (C=O) groups is 1. The van der Waals surface area contributed by atoms with Crippen molar-refractivity contribution in [3.63, 3.8) is 0 Å². The number of nitro benzene ring substituents is 1. The van der Waals surface area contributed by atoms with Gasteiger partial charge in [0.25, 0.3) is 11.6 Å². The first-order valence-electron chi connectivity index (χ1n) is 6.73. The van der Waals surface area contributed by atoms with Crippen LogP contribution in [0.1, 0.15) is 16.8 Å². The molecule has 0 saturated heterocycles. The van der Waals surface area contributed by atoms with Crippen molar-refractivity contribution in [3.8, 4) is 0 Å². The summed E-state index contributed by atoms with van der Waals surface area (Å²) < 4.78 is 0. The molecule has 116 valence electrons. The van der Waals surface area contributed by atoms with Gasteiger partial charge in [0.05, 0.1) is 4.92 Å². The molecule has 0 fully saturated rings. The van der Waals surface area contributed by atoms with Gasteiger partial charge in [-0.1, -0.05) is 0 Å². The highest BCUT2D eigenvalue weighted by Gasteiger charge is 2.18. The summed E-state index contributed by atoms with van der Waals surface area (Å²) in [4.78, 5) is 26.4. The molecule has 0 atom stereocenters. The van der Waals surface area contributed by atoms with Crippen LogP contribution >= 0.6 is 0 Å². The molecule has 7 nitrogen and oxygen atoms in total. The molecule has 1 aromatic carbocycles. The Balaban J connectivity index is 2.82. The van der Waals surface area contributed by atoms with E-state index in [1.807, 2.05) is 19.0 Å². The van der Waals surface area contributed by atoms with Crippen molar-refractivity contribution in [1.29, 1.82) is 0 Å². The number of nitrogens with one attached hydrogen (secondary N) is 1. The average Bonchev–Trinajstić information content (AvgIpc) is 2.45. The summed E-state index contributed by atoms with van der Waals surface area (Å²) in [5.74, 6) is -0.209. The summed E-state index contributed by atoms with van der Waals surface area (Å²) in [6.45, 7) is 1.50. The first-order chi connectivity index (χ1) is 9.86. The van der Waals surface area contributed by atoms with Crippen molar-refractivity contribution in [1.82, 2.24) is 9.80 Å². The number of amides is 1. The van der Waals surface area contributed by atoms with Crippen molar-refractivity contribution in [3.05, 3.63) is 33.9 Å². The van der Waals surface area contributed by atoms with E-state index < -0.39 is 4.92 Å². The van der Waals surface area contributed by atoms with Gasteiger partial charge >= 0.3 is 0 Å². The SMILES string of the molecule is CNc1ccc(C(=O)N(C)CCCN(C)C)cc1[N+](=O)[O-]. The van der Waals surface area contributed by atoms with Crippen LogP contribution in [0.2, 0.25) is 0 Å². The van der Waals surface area contributed by atoms with E-state index >= 15 is 0 Å². The van der Waals surface area contributed by atoms with Crippen LogP contribution in [0.5, 0.6) is 0 Å². The van der Waals surface area contributed by atoms with E-state index in [2.05, 4.69) is 5.32 Å². The van der Waals surface area contributed by atoms with E-state index in [0.717, 1.165) is 13.0 Å². The zero-order valence-corrected chi connectivity index (χ0v) is 12.9. The normalized spacial score (nSPS) is 10.5. The fourth-order valence-corrected chi connectivity index (χ4v) is 1.97. The monoisotopic (exact) mass is 294 g/mol. The molecule has 0 bridgehead atoms. The van der Waals surface area contributed by atoms with Crippen molar-refractivity contribution >= 4 is 17.3 Å². The molecule has 0 unspecified atom stereocenters. The highest BCUT2D eigenvalue weighted by atomic mass is 16.6. The predicted octanol–water partition coefficient (Wildman–Crippen LogP) is 1.66. The van der Waals surface area contributed by atoms with Gasteiger partial charge in [0.2, 0.25) is 0 Å². The van der Waals surface area contributed by atoms with Crippen molar-refractivity contribution in [2.45, 2.75) is 6.42 Å². The first kappa shape index (κ1) is 16.9. The van der Waals surface area contributed by atoms with Gasteiger partial charge in [-0.3, -0.25) is 14.9 Å². The quantitative estimate of drug-likeness (QED) is 0.611. The zero-order valence-electron chi connectivity index (χ0n) is 12.9. The van der Waals surface area contributed by atoms with E-state index in [0.29, 0.717) is 17.8 Å². The second-order valence-corrected chi connectivity index (χ2v) is 5.12. The van der Waals surface area contributed by atoms with E-state index in [9.17, 15) is 14.9 Å². The molecule has 21 heavy (non-hydrogen) atoms. The van der Waals surface area contributed by atoms with Crippen LogP contribution in [0.15, 0.2) is 18.2 Å². The van der Waals surface area contributed by atoms with E-state index in [1.54, 1.807) is 31.1 Å².